The van der Waals surface area contributed by atoms with Gasteiger partial charge in [-0.2, -0.15) is 0 Å². The number of aromatic nitrogens is 1. The Labute approximate surface area is 149 Å². The number of fused-ring (bicyclic) bond motifs is 4. The van der Waals surface area contributed by atoms with Crippen LogP contribution >= 0.6 is 11.6 Å². The normalized spacial score (nSPS) is 24.6. The Hall–Kier alpha value is -1.79. The third kappa shape index (κ3) is 2.20. The van der Waals surface area contributed by atoms with Crippen molar-refractivity contribution in [2.24, 2.45) is 5.92 Å². The van der Waals surface area contributed by atoms with Gasteiger partial charge in [-0.15, -0.1) is 0 Å². The number of amides is 1. The standard InChI is InChI=1S/C18H19ClFN3O2/c19-11-6-14(23-4-1-9-5-13(9)23)16-10-7-22(15(25)8-24)3-2-12(10)21-18(16)17(11)20/h6,9,13,21,24H,1-5,7-8H2. The average Bonchev–Trinajstić information content (AvgIpc) is 3.12. The second-order valence-corrected chi connectivity index (χ2v) is 7.70. The molecular formula is C18H19ClFN3O2. The minimum Gasteiger partial charge on any atom is -0.387 e. The lowest BCUT2D eigenvalue weighted by molar-refractivity contribution is -0.135. The first-order chi connectivity index (χ1) is 12.1. The van der Waals surface area contributed by atoms with E-state index in [1.807, 2.05) is 0 Å². The molecule has 1 aromatic carbocycles. The molecule has 1 aliphatic carbocycles. The molecule has 2 atom stereocenters. The predicted octanol–water partition coefficient (Wildman–Crippen LogP) is 2.44. The van der Waals surface area contributed by atoms with Crippen molar-refractivity contribution in [2.75, 3.05) is 24.6 Å². The number of carbonyl (C=O) groups excluding carboxylic acids is 1. The number of carbonyl (C=O) groups is 1. The number of benzene rings is 1. The van der Waals surface area contributed by atoms with E-state index in [-0.39, 0.29) is 10.9 Å². The van der Waals surface area contributed by atoms with Crippen LogP contribution in [0, 0.1) is 11.7 Å². The van der Waals surface area contributed by atoms with Crippen LogP contribution in [0.15, 0.2) is 6.07 Å². The van der Waals surface area contributed by atoms with Crippen LogP contribution in [-0.2, 0) is 17.8 Å². The first-order valence-corrected chi connectivity index (χ1v) is 9.13. The van der Waals surface area contributed by atoms with Crippen LogP contribution < -0.4 is 4.90 Å². The summed E-state index contributed by atoms with van der Waals surface area (Å²) in [4.78, 5) is 19.1. The van der Waals surface area contributed by atoms with E-state index in [4.69, 9.17) is 16.7 Å². The fraction of sp³-hybridized carbons (Fsp3) is 0.500. The molecular weight excluding hydrogens is 345 g/mol. The predicted molar refractivity (Wildman–Crippen MR) is 93.3 cm³/mol. The highest BCUT2D eigenvalue weighted by Crippen LogP contribution is 2.49. The van der Waals surface area contributed by atoms with E-state index < -0.39 is 12.4 Å². The number of aromatic amines is 1. The molecule has 0 spiro atoms. The fourth-order valence-corrected chi connectivity index (χ4v) is 4.75. The number of aliphatic hydroxyl groups is 1. The fourth-order valence-electron chi connectivity index (χ4n) is 4.55. The van der Waals surface area contributed by atoms with Crippen LogP contribution in [0.25, 0.3) is 10.9 Å². The number of aliphatic hydroxyl groups excluding tert-OH is 1. The molecule has 5 nitrogen and oxygen atoms in total. The largest absolute Gasteiger partial charge is 0.387 e. The van der Waals surface area contributed by atoms with E-state index in [2.05, 4.69) is 9.88 Å². The smallest absolute Gasteiger partial charge is 0.248 e. The van der Waals surface area contributed by atoms with Crippen molar-refractivity contribution in [2.45, 2.75) is 31.8 Å². The van der Waals surface area contributed by atoms with Crippen LogP contribution in [0.4, 0.5) is 10.1 Å². The van der Waals surface area contributed by atoms with Gasteiger partial charge in [0.1, 0.15) is 6.61 Å². The number of hydrogen-bond acceptors (Lipinski definition) is 3. The van der Waals surface area contributed by atoms with Crippen molar-refractivity contribution >= 4 is 34.1 Å². The van der Waals surface area contributed by atoms with Crippen LogP contribution in [0.3, 0.4) is 0 Å². The molecule has 1 saturated heterocycles. The number of hydrogen-bond donors (Lipinski definition) is 2. The van der Waals surface area contributed by atoms with Crippen molar-refractivity contribution in [3.8, 4) is 0 Å². The molecule has 0 radical (unpaired) electrons. The Bertz CT molecular complexity index is 896. The Morgan fingerprint density at radius 1 is 1.44 bits per heavy atom. The quantitative estimate of drug-likeness (QED) is 0.861. The summed E-state index contributed by atoms with van der Waals surface area (Å²) in [5.74, 6) is 0.0296. The van der Waals surface area contributed by atoms with E-state index in [0.29, 0.717) is 31.1 Å². The molecule has 2 N–H and O–H groups in total. The second-order valence-electron chi connectivity index (χ2n) is 7.29. The zero-order valence-electron chi connectivity index (χ0n) is 13.7. The number of anilines is 1. The first kappa shape index (κ1) is 15.5. The summed E-state index contributed by atoms with van der Waals surface area (Å²) in [6.07, 6.45) is 2.99. The molecule has 0 bridgehead atoms. The molecule has 132 valence electrons. The molecule has 1 saturated carbocycles. The van der Waals surface area contributed by atoms with Crippen molar-refractivity contribution in [3.05, 3.63) is 28.2 Å². The van der Waals surface area contributed by atoms with E-state index >= 15 is 0 Å². The molecule has 2 aliphatic heterocycles. The van der Waals surface area contributed by atoms with E-state index in [9.17, 15) is 9.18 Å². The van der Waals surface area contributed by atoms with Crippen molar-refractivity contribution < 1.29 is 14.3 Å². The van der Waals surface area contributed by atoms with Gasteiger partial charge in [0.05, 0.1) is 10.5 Å². The van der Waals surface area contributed by atoms with Gasteiger partial charge in [-0.1, -0.05) is 11.6 Å². The van der Waals surface area contributed by atoms with Gasteiger partial charge < -0.3 is 19.9 Å². The highest BCUT2D eigenvalue weighted by atomic mass is 35.5. The van der Waals surface area contributed by atoms with E-state index in [0.717, 1.165) is 34.8 Å². The summed E-state index contributed by atoms with van der Waals surface area (Å²) in [5, 5.41) is 10.1. The van der Waals surface area contributed by atoms with Gasteiger partial charge >= 0.3 is 0 Å². The van der Waals surface area contributed by atoms with Crippen LogP contribution in [0.2, 0.25) is 5.02 Å². The first-order valence-electron chi connectivity index (χ1n) is 8.75. The number of rotatable bonds is 2. The SMILES string of the molecule is O=C(CO)N1CCc2[nH]c3c(F)c(Cl)cc(N4CCC5CC54)c3c2C1. The van der Waals surface area contributed by atoms with Crippen LogP contribution in [0.1, 0.15) is 24.1 Å². The second kappa shape index (κ2) is 5.35. The summed E-state index contributed by atoms with van der Waals surface area (Å²) in [6.45, 7) is 1.38. The number of piperidine rings is 1. The minimum absolute atomic E-state index is 0.133. The van der Waals surface area contributed by atoms with Crippen LogP contribution in [0.5, 0.6) is 0 Å². The third-order valence-corrected chi connectivity index (χ3v) is 6.22. The molecule has 5 rings (SSSR count). The summed E-state index contributed by atoms with van der Waals surface area (Å²) < 4.78 is 14.7. The Morgan fingerprint density at radius 3 is 2.96 bits per heavy atom. The summed E-state index contributed by atoms with van der Waals surface area (Å²) in [6, 6.07) is 2.27. The van der Waals surface area contributed by atoms with E-state index in [1.165, 1.54) is 12.8 Å². The molecule has 3 aliphatic rings. The zero-order valence-corrected chi connectivity index (χ0v) is 14.4. The molecule has 2 unspecified atom stereocenters. The number of H-pyrrole nitrogens is 1. The molecule has 7 heteroatoms. The minimum atomic E-state index is -0.499. The van der Waals surface area contributed by atoms with Gasteiger partial charge in [-0.25, -0.2) is 4.39 Å². The van der Waals surface area contributed by atoms with Gasteiger partial charge in [0.25, 0.3) is 0 Å². The number of nitrogens with zero attached hydrogens (tertiary/aromatic N) is 2. The summed E-state index contributed by atoms with van der Waals surface area (Å²) in [7, 11) is 0. The summed E-state index contributed by atoms with van der Waals surface area (Å²) in [5.41, 5.74) is 3.33. The Morgan fingerprint density at radius 2 is 2.28 bits per heavy atom. The lowest BCUT2D eigenvalue weighted by Gasteiger charge is -2.28. The number of halogens is 2. The molecule has 3 heterocycles. The van der Waals surface area contributed by atoms with E-state index in [1.54, 1.807) is 11.0 Å². The molecule has 2 aromatic rings. The van der Waals surface area contributed by atoms with Gasteiger partial charge in [-0.3, -0.25) is 4.79 Å². The van der Waals surface area contributed by atoms with Gasteiger partial charge in [0.2, 0.25) is 5.91 Å². The van der Waals surface area contributed by atoms with Crippen molar-refractivity contribution in [1.29, 1.82) is 0 Å². The van der Waals surface area contributed by atoms with Crippen molar-refractivity contribution in [1.82, 2.24) is 9.88 Å². The molecule has 1 aromatic heterocycles. The lowest BCUT2D eigenvalue weighted by Crippen LogP contribution is -2.37. The molecule has 25 heavy (non-hydrogen) atoms. The Kier molecular flexibility index (Phi) is 3.31. The zero-order chi connectivity index (χ0) is 17.3. The molecule has 1 amide bonds. The topological polar surface area (TPSA) is 59.6 Å². The maximum atomic E-state index is 14.7. The maximum Gasteiger partial charge on any atom is 0.248 e. The maximum absolute atomic E-state index is 14.7. The lowest BCUT2D eigenvalue weighted by atomic mass is 10.0. The van der Waals surface area contributed by atoms with Gasteiger partial charge in [-0.05, 0) is 24.8 Å². The highest BCUT2D eigenvalue weighted by Gasteiger charge is 2.47. The van der Waals surface area contributed by atoms with Crippen LogP contribution in [-0.4, -0.2) is 46.6 Å². The van der Waals surface area contributed by atoms with Crippen molar-refractivity contribution in [3.63, 3.8) is 0 Å². The van der Waals surface area contributed by atoms with Gasteiger partial charge in [0, 0.05) is 54.4 Å². The summed E-state index contributed by atoms with van der Waals surface area (Å²) >= 11 is 6.18. The number of nitrogens with one attached hydrogen (secondary N) is 1. The highest BCUT2D eigenvalue weighted by molar-refractivity contribution is 6.32. The third-order valence-electron chi connectivity index (χ3n) is 5.95. The Balaban J connectivity index is 1.68. The van der Waals surface area contributed by atoms with Gasteiger partial charge in [0.15, 0.2) is 5.82 Å². The monoisotopic (exact) mass is 363 g/mol. The average molecular weight is 364 g/mol. The molecule has 2 fully saturated rings.